The fourth-order valence-corrected chi connectivity index (χ4v) is 1.76. The number of aliphatic hydroxyl groups excluding tert-OH is 1. The lowest BCUT2D eigenvalue weighted by molar-refractivity contribution is 0.357. The number of hydrogen-bond acceptors (Lipinski definition) is 4. The Morgan fingerprint density at radius 2 is 2.07 bits per heavy atom. The number of hydrogen-bond donors (Lipinski definition) is 2. The molecule has 0 atom stereocenters. The number of imidazole rings is 1. The Bertz CT molecular complexity index is 526. The predicted molar refractivity (Wildman–Crippen MR) is 50.4 cm³/mol. The van der Waals surface area contributed by atoms with Crippen LogP contribution < -0.4 is 0 Å². The molecule has 0 amide bonds. The van der Waals surface area contributed by atoms with Crippen LogP contribution in [-0.2, 0) is 9.84 Å². The van der Waals surface area contributed by atoms with E-state index in [9.17, 15) is 8.42 Å². The van der Waals surface area contributed by atoms with Crippen LogP contribution in [0.2, 0.25) is 0 Å². The van der Waals surface area contributed by atoms with Gasteiger partial charge in [0.2, 0.25) is 15.0 Å². The third-order valence-electron chi connectivity index (χ3n) is 1.83. The minimum atomic E-state index is -3.67. The standard InChI is InChI=1S/C8H8N2O3S/c11-5-14(12,13)8-9-6-3-1-2-4-7(6)10-8/h1-4,11H,5H2,(H,9,10). The van der Waals surface area contributed by atoms with Gasteiger partial charge in [0, 0.05) is 0 Å². The second-order valence-corrected chi connectivity index (χ2v) is 4.68. The summed E-state index contributed by atoms with van der Waals surface area (Å²) in [6.45, 7) is 0. The highest BCUT2D eigenvalue weighted by Crippen LogP contribution is 2.14. The first kappa shape index (κ1) is 9.17. The van der Waals surface area contributed by atoms with Crippen LogP contribution in [0.25, 0.3) is 11.0 Å². The molecule has 2 rings (SSSR count). The Kier molecular flexibility index (Phi) is 2.01. The molecule has 0 aliphatic carbocycles. The molecule has 0 unspecified atom stereocenters. The Morgan fingerprint density at radius 3 is 2.71 bits per heavy atom. The molecule has 0 saturated heterocycles. The van der Waals surface area contributed by atoms with Crippen molar-refractivity contribution in [1.82, 2.24) is 9.97 Å². The maximum Gasteiger partial charge on any atom is 0.235 e. The highest BCUT2D eigenvalue weighted by molar-refractivity contribution is 7.91. The predicted octanol–water partition coefficient (Wildman–Crippen LogP) is 0.286. The van der Waals surface area contributed by atoms with Crippen LogP contribution in [0, 0.1) is 0 Å². The number of para-hydroxylation sites is 2. The molecule has 0 fully saturated rings. The molecule has 0 bridgehead atoms. The highest BCUT2D eigenvalue weighted by atomic mass is 32.2. The summed E-state index contributed by atoms with van der Waals surface area (Å²) in [6.07, 6.45) is 0. The zero-order valence-corrected chi connectivity index (χ0v) is 7.95. The molecule has 1 aromatic carbocycles. The van der Waals surface area contributed by atoms with E-state index in [1.54, 1.807) is 24.3 Å². The van der Waals surface area contributed by atoms with E-state index >= 15 is 0 Å². The number of rotatable bonds is 2. The van der Waals surface area contributed by atoms with Gasteiger partial charge >= 0.3 is 0 Å². The van der Waals surface area contributed by atoms with E-state index in [2.05, 4.69) is 9.97 Å². The van der Waals surface area contributed by atoms with E-state index in [0.717, 1.165) is 0 Å². The third kappa shape index (κ3) is 1.38. The van der Waals surface area contributed by atoms with Crippen molar-refractivity contribution in [3.05, 3.63) is 24.3 Å². The summed E-state index contributed by atoms with van der Waals surface area (Å²) in [5.74, 6) is -0.938. The number of benzene rings is 1. The number of H-pyrrole nitrogens is 1. The van der Waals surface area contributed by atoms with Crippen molar-refractivity contribution >= 4 is 20.9 Å². The van der Waals surface area contributed by atoms with Crippen molar-refractivity contribution in [1.29, 1.82) is 0 Å². The van der Waals surface area contributed by atoms with Gasteiger partial charge < -0.3 is 10.1 Å². The zero-order chi connectivity index (χ0) is 10.2. The number of aromatic amines is 1. The van der Waals surface area contributed by atoms with Crippen molar-refractivity contribution in [3.63, 3.8) is 0 Å². The second kappa shape index (κ2) is 3.07. The van der Waals surface area contributed by atoms with Crippen LogP contribution in [0.15, 0.2) is 29.4 Å². The van der Waals surface area contributed by atoms with E-state index in [1.165, 1.54) is 0 Å². The topological polar surface area (TPSA) is 83.1 Å². The molecule has 5 nitrogen and oxygen atoms in total. The van der Waals surface area contributed by atoms with E-state index in [0.29, 0.717) is 11.0 Å². The number of sulfone groups is 1. The van der Waals surface area contributed by atoms with Gasteiger partial charge in [-0.3, -0.25) is 0 Å². The number of aliphatic hydroxyl groups is 1. The van der Waals surface area contributed by atoms with Crippen LogP contribution in [0.3, 0.4) is 0 Å². The monoisotopic (exact) mass is 212 g/mol. The summed E-state index contributed by atoms with van der Waals surface area (Å²) in [5, 5.41) is 8.43. The Balaban J connectivity index is 2.67. The minimum Gasteiger partial charge on any atom is -0.380 e. The molecule has 0 aliphatic rings. The number of aromatic nitrogens is 2. The molecule has 0 aliphatic heterocycles. The van der Waals surface area contributed by atoms with Gasteiger partial charge in [-0.15, -0.1) is 0 Å². The molecule has 14 heavy (non-hydrogen) atoms. The molecule has 2 aromatic rings. The van der Waals surface area contributed by atoms with E-state index in [1.807, 2.05) is 0 Å². The van der Waals surface area contributed by atoms with Gasteiger partial charge in [0.25, 0.3) is 0 Å². The quantitative estimate of drug-likeness (QED) is 0.749. The SMILES string of the molecule is O=S(=O)(CO)c1nc2ccccc2[nH]1. The summed E-state index contributed by atoms with van der Waals surface area (Å²) < 4.78 is 22.5. The van der Waals surface area contributed by atoms with Crippen molar-refractivity contribution in [3.8, 4) is 0 Å². The molecule has 74 valence electrons. The maximum atomic E-state index is 11.2. The molecule has 2 N–H and O–H groups in total. The first-order chi connectivity index (χ1) is 6.63. The van der Waals surface area contributed by atoms with Crippen molar-refractivity contribution in [2.75, 3.05) is 5.94 Å². The third-order valence-corrected chi connectivity index (χ3v) is 2.95. The fourth-order valence-electron chi connectivity index (χ4n) is 1.14. The first-order valence-electron chi connectivity index (χ1n) is 3.92. The number of nitrogens with zero attached hydrogens (tertiary/aromatic N) is 1. The van der Waals surface area contributed by atoms with Gasteiger partial charge in [-0.1, -0.05) is 12.1 Å². The number of fused-ring (bicyclic) bond motifs is 1. The number of nitrogens with one attached hydrogen (secondary N) is 1. The molecular formula is C8H8N2O3S. The summed E-state index contributed by atoms with van der Waals surface area (Å²) in [6, 6.07) is 6.95. The normalized spacial score (nSPS) is 12.1. The maximum absolute atomic E-state index is 11.2. The average Bonchev–Trinajstić information content (AvgIpc) is 2.61. The summed E-state index contributed by atoms with van der Waals surface area (Å²) in [7, 11) is -3.67. The Morgan fingerprint density at radius 1 is 1.36 bits per heavy atom. The van der Waals surface area contributed by atoms with Crippen molar-refractivity contribution in [2.45, 2.75) is 5.16 Å². The molecule has 0 spiro atoms. The minimum absolute atomic E-state index is 0.193. The van der Waals surface area contributed by atoms with Gasteiger partial charge in [-0.25, -0.2) is 13.4 Å². The Hall–Kier alpha value is -1.40. The van der Waals surface area contributed by atoms with Crippen LogP contribution in [0.4, 0.5) is 0 Å². The second-order valence-electron chi connectivity index (χ2n) is 2.80. The molecular weight excluding hydrogens is 204 g/mol. The van der Waals surface area contributed by atoms with E-state index in [4.69, 9.17) is 5.11 Å². The summed E-state index contributed by atoms with van der Waals surface area (Å²) in [4.78, 5) is 6.48. The van der Waals surface area contributed by atoms with E-state index in [-0.39, 0.29) is 5.16 Å². The van der Waals surface area contributed by atoms with Gasteiger partial charge in [-0.05, 0) is 12.1 Å². The van der Waals surface area contributed by atoms with E-state index < -0.39 is 15.8 Å². The van der Waals surface area contributed by atoms with Crippen LogP contribution in [0.5, 0.6) is 0 Å². The molecule has 0 saturated carbocycles. The smallest absolute Gasteiger partial charge is 0.235 e. The zero-order valence-electron chi connectivity index (χ0n) is 7.14. The largest absolute Gasteiger partial charge is 0.380 e. The van der Waals surface area contributed by atoms with Crippen LogP contribution in [-0.4, -0.2) is 29.4 Å². The molecule has 1 heterocycles. The van der Waals surface area contributed by atoms with Gasteiger partial charge in [0.15, 0.2) is 5.94 Å². The van der Waals surface area contributed by atoms with Gasteiger partial charge in [0.1, 0.15) is 0 Å². The summed E-state index contributed by atoms with van der Waals surface area (Å²) >= 11 is 0. The van der Waals surface area contributed by atoms with Crippen LogP contribution in [0.1, 0.15) is 0 Å². The van der Waals surface area contributed by atoms with Crippen molar-refractivity contribution in [2.24, 2.45) is 0 Å². The van der Waals surface area contributed by atoms with Gasteiger partial charge in [-0.2, -0.15) is 0 Å². The van der Waals surface area contributed by atoms with Gasteiger partial charge in [0.05, 0.1) is 11.0 Å². The van der Waals surface area contributed by atoms with Crippen molar-refractivity contribution < 1.29 is 13.5 Å². The highest BCUT2D eigenvalue weighted by Gasteiger charge is 2.17. The lowest BCUT2D eigenvalue weighted by Gasteiger charge is -1.92. The Labute approximate surface area is 80.3 Å². The van der Waals surface area contributed by atoms with Crippen LogP contribution >= 0.6 is 0 Å². The lowest BCUT2D eigenvalue weighted by atomic mass is 10.3. The molecule has 6 heteroatoms. The lowest BCUT2D eigenvalue weighted by Crippen LogP contribution is -2.07. The average molecular weight is 212 g/mol. The fraction of sp³-hybridized carbons (Fsp3) is 0.125. The molecule has 1 aromatic heterocycles. The molecule has 0 radical (unpaired) electrons. The summed E-state index contributed by atoms with van der Waals surface area (Å²) in [5.41, 5.74) is 1.21. The first-order valence-corrected chi connectivity index (χ1v) is 5.57.